The molecule has 4 rings (SSSR count). The van der Waals surface area contributed by atoms with Gasteiger partial charge in [-0.3, -0.25) is 43.2 Å². The van der Waals surface area contributed by atoms with E-state index in [1.54, 1.807) is 70.2 Å². The maximum Gasteiger partial charge on any atom is 0.326 e. The Labute approximate surface area is 481 Å². The number of rotatable bonds is 33. The average Bonchev–Trinajstić information content (AvgIpc) is 3.98. The molecular formula is C58H79N11O14. The van der Waals surface area contributed by atoms with Gasteiger partial charge in [0.25, 0.3) is 0 Å². The van der Waals surface area contributed by atoms with Crippen LogP contribution in [0.4, 0.5) is 0 Å². The van der Waals surface area contributed by atoms with E-state index in [0.717, 1.165) is 12.5 Å². The largest absolute Gasteiger partial charge is 0.508 e. The number of hydrogen-bond acceptors (Lipinski definition) is 14. The van der Waals surface area contributed by atoms with Gasteiger partial charge < -0.3 is 73.7 Å². The summed E-state index contributed by atoms with van der Waals surface area (Å²) in [5.41, 5.74) is 8.42. The first-order valence-electron chi connectivity index (χ1n) is 27.4. The normalized spacial score (nSPS) is 14.9. The summed E-state index contributed by atoms with van der Waals surface area (Å²) in [6, 6.07) is 10.3. The lowest BCUT2D eigenvalue weighted by atomic mass is 9.98. The van der Waals surface area contributed by atoms with Crippen molar-refractivity contribution >= 4 is 59.2 Å². The number of aromatic amines is 1. The summed E-state index contributed by atoms with van der Waals surface area (Å²) < 4.78 is 0. The van der Waals surface area contributed by atoms with Crippen molar-refractivity contribution in [2.45, 2.75) is 154 Å². The molecule has 83 heavy (non-hydrogen) atoms. The molecule has 0 saturated carbocycles. The molecule has 0 aliphatic carbocycles. The SMILES string of the molecule is CC(C)C[C@H](NC(=O)[C@@H](N)Cc1ccccc1)C(=O)N[C@@H](Cc1ccccc1)C(=O)N[C@@H](Cc1cnc[nH]1)C(=O)N[C@H](C(=O)N[C@@H](CCC(=O)O)C(=O)N[C@@H](Cc1ccc(O)cc1)C(=O)N[C@H](C(=O)N[C@H](C(=O)O)C(C)C)C(C)C)[C@@H](C)O. The highest BCUT2D eigenvalue weighted by molar-refractivity contribution is 5.98. The minimum atomic E-state index is -1.89. The molecule has 0 saturated heterocycles. The van der Waals surface area contributed by atoms with Crippen molar-refractivity contribution in [2.24, 2.45) is 23.5 Å². The first kappa shape index (κ1) is 66.8. The van der Waals surface area contributed by atoms with Crippen molar-refractivity contribution in [3.05, 3.63) is 120 Å². The Morgan fingerprint density at radius 1 is 0.494 bits per heavy atom. The van der Waals surface area contributed by atoms with Crippen LogP contribution in [0.25, 0.3) is 0 Å². The fourth-order valence-electron chi connectivity index (χ4n) is 8.72. The van der Waals surface area contributed by atoms with E-state index >= 15 is 0 Å². The Bertz CT molecular complexity index is 2800. The summed E-state index contributed by atoms with van der Waals surface area (Å²) in [5, 5.41) is 60.9. The summed E-state index contributed by atoms with van der Waals surface area (Å²) >= 11 is 0. The van der Waals surface area contributed by atoms with E-state index < -0.39 is 144 Å². The second-order valence-electron chi connectivity index (χ2n) is 21.5. The molecule has 25 heteroatoms. The summed E-state index contributed by atoms with van der Waals surface area (Å²) in [5.74, 6) is -11.4. The molecule has 0 fully saturated rings. The van der Waals surface area contributed by atoms with Gasteiger partial charge in [0.05, 0.1) is 18.5 Å². The van der Waals surface area contributed by atoms with Gasteiger partial charge in [-0.25, -0.2) is 9.78 Å². The number of imidazole rings is 1. The number of nitrogens with two attached hydrogens (primary N) is 1. The van der Waals surface area contributed by atoms with Crippen LogP contribution in [-0.2, 0) is 73.6 Å². The number of carboxylic acids is 2. The summed E-state index contributed by atoms with van der Waals surface area (Å²) in [4.78, 5) is 144. The zero-order valence-corrected chi connectivity index (χ0v) is 47.6. The molecule has 0 aliphatic heterocycles. The van der Waals surface area contributed by atoms with Crippen LogP contribution in [0.3, 0.4) is 0 Å². The topological polar surface area (TPSA) is 403 Å². The minimum Gasteiger partial charge on any atom is -0.508 e. The fourth-order valence-corrected chi connectivity index (χ4v) is 8.72. The lowest BCUT2D eigenvalue weighted by Gasteiger charge is -2.29. The Morgan fingerprint density at radius 2 is 0.916 bits per heavy atom. The average molecular weight is 1150 g/mol. The van der Waals surface area contributed by atoms with Crippen molar-refractivity contribution in [1.82, 2.24) is 52.5 Å². The molecule has 1 aromatic heterocycles. The third-order valence-electron chi connectivity index (χ3n) is 13.3. The van der Waals surface area contributed by atoms with Crippen LogP contribution in [0, 0.1) is 17.8 Å². The van der Waals surface area contributed by atoms with Crippen molar-refractivity contribution < 1.29 is 68.4 Å². The number of aromatic nitrogens is 2. The standard InChI is InChI=1S/C58H79N11O14/c1-31(2)24-42(63-50(74)40(59)25-35-14-10-8-11-15-35)52(76)65-43(26-36-16-12-9-13-17-36)53(77)66-45(28-38-29-60-30-61-38)55(79)69-49(34(7)70)57(81)62-41(22-23-46(72)73)51(75)64-44(27-37-18-20-39(71)21-19-37)54(78)67-47(32(3)4)56(80)68-48(33(5)6)58(82)83/h8-21,29-34,40-45,47-49,70-71H,22-28,59H2,1-7H3,(H,60,61)(H,62,81)(H,63,74)(H,64,75)(H,65,76)(H,66,77)(H,67,78)(H,68,80)(H,69,79)(H,72,73)(H,82,83)/t34-,40+,41+,42+,43+,44+,45+,47+,48+,49+/m1/s1. The first-order valence-corrected chi connectivity index (χ1v) is 27.4. The molecule has 0 unspecified atom stereocenters. The van der Waals surface area contributed by atoms with Crippen LogP contribution in [0.2, 0.25) is 0 Å². The number of H-pyrrole nitrogens is 1. The predicted octanol–water partition coefficient (Wildman–Crippen LogP) is 0.280. The number of amides is 8. The number of nitrogens with zero attached hydrogens (tertiary/aromatic N) is 1. The number of phenolic OH excluding ortho intramolecular Hbond substituents is 1. The molecule has 10 atom stereocenters. The van der Waals surface area contributed by atoms with Crippen LogP contribution >= 0.6 is 0 Å². The molecule has 0 bridgehead atoms. The number of carbonyl (C=O) groups excluding carboxylic acids is 8. The smallest absolute Gasteiger partial charge is 0.326 e. The summed E-state index contributed by atoms with van der Waals surface area (Å²) in [6.45, 7) is 11.2. The molecule has 3 aromatic carbocycles. The molecule has 0 spiro atoms. The van der Waals surface area contributed by atoms with Gasteiger partial charge in [0.1, 0.15) is 54.1 Å². The summed E-state index contributed by atoms with van der Waals surface area (Å²) in [7, 11) is 0. The number of nitrogens with one attached hydrogen (secondary N) is 9. The number of aromatic hydroxyl groups is 1. The van der Waals surface area contributed by atoms with Gasteiger partial charge in [-0.2, -0.15) is 0 Å². The first-order chi connectivity index (χ1) is 39.2. The number of aliphatic hydroxyl groups excluding tert-OH is 1. The Morgan fingerprint density at radius 3 is 1.39 bits per heavy atom. The minimum absolute atomic E-state index is 0.0955. The quantitative estimate of drug-likeness (QED) is 0.0305. The summed E-state index contributed by atoms with van der Waals surface area (Å²) in [6.07, 6.45) is -0.632. The highest BCUT2D eigenvalue weighted by atomic mass is 16.4. The van der Waals surface area contributed by atoms with E-state index in [9.17, 15) is 68.4 Å². The third kappa shape index (κ3) is 22.3. The highest BCUT2D eigenvalue weighted by Crippen LogP contribution is 2.15. The maximum absolute atomic E-state index is 14.5. The monoisotopic (exact) mass is 1150 g/mol. The Hall–Kier alpha value is -8.71. The van der Waals surface area contributed by atoms with Crippen LogP contribution in [0.1, 0.15) is 90.1 Å². The van der Waals surface area contributed by atoms with Crippen molar-refractivity contribution in [1.29, 1.82) is 0 Å². The number of benzene rings is 3. The van der Waals surface area contributed by atoms with E-state index in [0.29, 0.717) is 16.8 Å². The molecule has 25 nitrogen and oxygen atoms in total. The zero-order chi connectivity index (χ0) is 61.5. The van der Waals surface area contributed by atoms with Crippen LogP contribution in [-0.4, -0.2) is 150 Å². The van der Waals surface area contributed by atoms with E-state index in [2.05, 4.69) is 52.5 Å². The fraction of sp³-hybridized carbons (Fsp3) is 0.466. The molecule has 0 aliphatic rings. The van der Waals surface area contributed by atoms with Gasteiger partial charge in [-0.15, -0.1) is 0 Å². The van der Waals surface area contributed by atoms with Gasteiger partial charge in [0.2, 0.25) is 47.3 Å². The highest BCUT2D eigenvalue weighted by Gasteiger charge is 2.37. The second kappa shape index (κ2) is 32.7. The Balaban J connectivity index is 1.61. The molecule has 15 N–H and O–H groups in total. The van der Waals surface area contributed by atoms with Crippen LogP contribution in [0.5, 0.6) is 5.75 Å². The number of phenols is 1. The van der Waals surface area contributed by atoms with Crippen molar-refractivity contribution in [3.8, 4) is 5.75 Å². The molecule has 4 aromatic rings. The van der Waals surface area contributed by atoms with E-state index in [-0.39, 0.29) is 43.8 Å². The molecule has 8 amide bonds. The number of hydrogen-bond donors (Lipinski definition) is 14. The van der Waals surface area contributed by atoms with Crippen molar-refractivity contribution in [2.75, 3.05) is 0 Å². The van der Waals surface area contributed by atoms with E-state index in [4.69, 9.17) is 5.73 Å². The van der Waals surface area contributed by atoms with Crippen molar-refractivity contribution in [3.63, 3.8) is 0 Å². The predicted molar refractivity (Wildman–Crippen MR) is 303 cm³/mol. The third-order valence-corrected chi connectivity index (χ3v) is 13.3. The molecular weight excluding hydrogens is 1070 g/mol. The van der Waals surface area contributed by atoms with Crippen LogP contribution < -0.4 is 48.3 Å². The Kier molecular flexibility index (Phi) is 26.3. The van der Waals surface area contributed by atoms with Gasteiger partial charge in [-0.05, 0) is 72.8 Å². The number of aliphatic hydroxyl groups is 1. The lowest BCUT2D eigenvalue weighted by molar-refractivity contribution is -0.144. The van der Waals surface area contributed by atoms with E-state index in [1.807, 2.05) is 32.0 Å². The lowest BCUT2D eigenvalue weighted by Crippen LogP contribution is -2.62. The van der Waals surface area contributed by atoms with Gasteiger partial charge in [0.15, 0.2) is 0 Å². The molecule has 450 valence electrons. The maximum atomic E-state index is 14.5. The van der Waals surface area contributed by atoms with Gasteiger partial charge >= 0.3 is 11.9 Å². The van der Waals surface area contributed by atoms with E-state index in [1.165, 1.54) is 36.8 Å². The number of carboxylic acid groups (broad SMARTS) is 2. The number of aliphatic carboxylic acids is 2. The zero-order valence-electron chi connectivity index (χ0n) is 47.6. The molecule has 0 radical (unpaired) electrons. The van der Waals surface area contributed by atoms with Gasteiger partial charge in [0, 0.05) is 37.6 Å². The van der Waals surface area contributed by atoms with Crippen LogP contribution in [0.15, 0.2) is 97.5 Å². The molecule has 1 heterocycles. The number of carbonyl (C=O) groups is 10. The van der Waals surface area contributed by atoms with Gasteiger partial charge in [-0.1, -0.05) is 114 Å². The second-order valence-corrected chi connectivity index (χ2v) is 21.5.